The van der Waals surface area contributed by atoms with Crippen LogP contribution in [-0.4, -0.2) is 12.5 Å². The Morgan fingerprint density at radius 3 is 2.85 bits per heavy atom. The molecule has 0 unspecified atom stereocenters. The molecule has 4 heteroatoms. The van der Waals surface area contributed by atoms with Crippen molar-refractivity contribution in [3.63, 3.8) is 0 Å². The molecule has 1 aromatic carbocycles. The van der Waals surface area contributed by atoms with Crippen LogP contribution in [0.3, 0.4) is 0 Å². The molecule has 0 aromatic heterocycles. The number of carbonyl (C=O) groups is 1. The predicted octanol–water partition coefficient (Wildman–Crippen LogP) is 3.07. The van der Waals surface area contributed by atoms with E-state index < -0.39 is 5.54 Å². The molecule has 1 amide bonds. The van der Waals surface area contributed by atoms with E-state index in [1.54, 1.807) is 0 Å². The van der Waals surface area contributed by atoms with Gasteiger partial charge in [-0.05, 0) is 56.8 Å². The third-order valence-electron chi connectivity index (χ3n) is 4.28. The van der Waals surface area contributed by atoms with Gasteiger partial charge in [-0.3, -0.25) is 4.79 Å². The molecule has 0 saturated heterocycles. The fourth-order valence-electron chi connectivity index (χ4n) is 3.01. The number of amides is 1. The second-order valence-corrected chi connectivity index (χ2v) is 6.59. The highest BCUT2D eigenvalue weighted by atomic mass is 35.5. The number of nitrogens with two attached hydrogens (primary N) is 1. The van der Waals surface area contributed by atoms with Crippen LogP contribution in [0.15, 0.2) is 24.3 Å². The minimum atomic E-state index is -0.427. The number of hydrogen-bond donors (Lipinski definition) is 2. The van der Waals surface area contributed by atoms with E-state index in [0.717, 1.165) is 24.8 Å². The minimum absolute atomic E-state index is 0.0541. The van der Waals surface area contributed by atoms with Gasteiger partial charge in [0.1, 0.15) is 0 Å². The van der Waals surface area contributed by atoms with Gasteiger partial charge in [0, 0.05) is 10.9 Å². The topological polar surface area (TPSA) is 55.1 Å². The van der Waals surface area contributed by atoms with E-state index >= 15 is 0 Å². The van der Waals surface area contributed by atoms with Crippen molar-refractivity contribution in [3.05, 3.63) is 34.9 Å². The normalized spacial score (nSPS) is 22.8. The number of hydrogen-bond acceptors (Lipinski definition) is 2. The van der Waals surface area contributed by atoms with Gasteiger partial charge in [-0.2, -0.15) is 0 Å². The van der Waals surface area contributed by atoms with Crippen LogP contribution in [0.4, 0.5) is 0 Å². The molecule has 3 nitrogen and oxygen atoms in total. The molecule has 20 heavy (non-hydrogen) atoms. The first-order chi connectivity index (χ1) is 9.44. The fraction of sp³-hybridized carbons (Fsp3) is 0.562. The van der Waals surface area contributed by atoms with E-state index in [1.165, 1.54) is 0 Å². The maximum atomic E-state index is 12.5. The first-order valence-corrected chi connectivity index (χ1v) is 7.60. The van der Waals surface area contributed by atoms with Crippen LogP contribution in [0.2, 0.25) is 5.02 Å². The molecule has 110 valence electrons. The molecule has 3 N–H and O–H groups in total. The Kier molecular flexibility index (Phi) is 4.71. The Morgan fingerprint density at radius 1 is 1.45 bits per heavy atom. The van der Waals surface area contributed by atoms with Crippen molar-refractivity contribution in [1.29, 1.82) is 0 Å². The van der Waals surface area contributed by atoms with Crippen LogP contribution in [0.5, 0.6) is 0 Å². The SMILES string of the molecule is CC(C)(NC(=O)[C@@H]1CCC[C@@H]1CN)c1cccc(Cl)c1. The van der Waals surface area contributed by atoms with Gasteiger partial charge in [0.2, 0.25) is 5.91 Å². The van der Waals surface area contributed by atoms with Gasteiger partial charge in [0.25, 0.3) is 0 Å². The standard InChI is InChI=1S/C16H23ClN2O/c1-16(2,12-6-4-7-13(17)9-12)19-15(20)14-8-3-5-11(14)10-18/h4,6-7,9,11,14H,3,5,8,10,18H2,1-2H3,(H,19,20)/t11-,14-/m1/s1. The maximum Gasteiger partial charge on any atom is 0.224 e. The molecule has 0 radical (unpaired) electrons. The summed E-state index contributed by atoms with van der Waals surface area (Å²) < 4.78 is 0. The monoisotopic (exact) mass is 294 g/mol. The second kappa shape index (κ2) is 6.15. The Hall–Kier alpha value is -1.06. The smallest absolute Gasteiger partial charge is 0.224 e. The summed E-state index contributed by atoms with van der Waals surface area (Å²) in [4.78, 5) is 12.5. The lowest BCUT2D eigenvalue weighted by atomic mass is 9.90. The van der Waals surface area contributed by atoms with Crippen LogP contribution in [-0.2, 0) is 10.3 Å². The van der Waals surface area contributed by atoms with Crippen molar-refractivity contribution in [1.82, 2.24) is 5.32 Å². The Labute approximate surface area is 125 Å². The molecule has 0 heterocycles. The largest absolute Gasteiger partial charge is 0.347 e. The molecule has 1 aromatic rings. The van der Waals surface area contributed by atoms with E-state index in [2.05, 4.69) is 5.32 Å². The first kappa shape index (κ1) is 15.3. The number of halogens is 1. The molecular formula is C16H23ClN2O. The van der Waals surface area contributed by atoms with E-state index in [9.17, 15) is 4.79 Å². The van der Waals surface area contributed by atoms with E-state index in [4.69, 9.17) is 17.3 Å². The summed E-state index contributed by atoms with van der Waals surface area (Å²) in [7, 11) is 0. The van der Waals surface area contributed by atoms with Crippen molar-refractivity contribution in [2.75, 3.05) is 6.54 Å². The number of benzene rings is 1. The minimum Gasteiger partial charge on any atom is -0.347 e. The van der Waals surface area contributed by atoms with Crippen LogP contribution < -0.4 is 11.1 Å². The highest BCUT2D eigenvalue weighted by Crippen LogP contribution is 2.32. The lowest BCUT2D eigenvalue weighted by Gasteiger charge is -2.30. The summed E-state index contributed by atoms with van der Waals surface area (Å²) >= 11 is 6.03. The quantitative estimate of drug-likeness (QED) is 0.897. The molecule has 2 atom stereocenters. The Balaban J connectivity index is 2.09. The summed E-state index contributed by atoms with van der Waals surface area (Å²) in [6, 6.07) is 7.63. The van der Waals surface area contributed by atoms with Crippen LogP contribution >= 0.6 is 11.6 Å². The van der Waals surface area contributed by atoms with Gasteiger partial charge in [-0.25, -0.2) is 0 Å². The van der Waals surface area contributed by atoms with E-state index in [0.29, 0.717) is 17.5 Å². The molecule has 1 aliphatic rings. The van der Waals surface area contributed by atoms with E-state index in [-0.39, 0.29) is 11.8 Å². The van der Waals surface area contributed by atoms with Crippen molar-refractivity contribution < 1.29 is 4.79 Å². The summed E-state index contributed by atoms with van der Waals surface area (Å²) in [6.45, 7) is 4.60. The van der Waals surface area contributed by atoms with Gasteiger partial charge >= 0.3 is 0 Å². The number of nitrogens with one attached hydrogen (secondary N) is 1. The first-order valence-electron chi connectivity index (χ1n) is 7.22. The van der Waals surface area contributed by atoms with Crippen LogP contribution in [0, 0.1) is 11.8 Å². The molecule has 1 aliphatic carbocycles. The van der Waals surface area contributed by atoms with Crippen molar-refractivity contribution in [3.8, 4) is 0 Å². The van der Waals surface area contributed by atoms with E-state index in [1.807, 2.05) is 38.1 Å². The van der Waals surface area contributed by atoms with Crippen LogP contribution in [0.25, 0.3) is 0 Å². The third kappa shape index (κ3) is 3.33. The Bertz CT molecular complexity index is 487. The maximum absolute atomic E-state index is 12.5. The Morgan fingerprint density at radius 2 is 2.20 bits per heavy atom. The molecule has 0 aliphatic heterocycles. The van der Waals surface area contributed by atoms with Crippen molar-refractivity contribution in [2.45, 2.75) is 38.6 Å². The lowest BCUT2D eigenvalue weighted by molar-refractivity contribution is -0.127. The van der Waals surface area contributed by atoms with Gasteiger partial charge < -0.3 is 11.1 Å². The van der Waals surface area contributed by atoms with Crippen molar-refractivity contribution >= 4 is 17.5 Å². The fourth-order valence-corrected chi connectivity index (χ4v) is 3.20. The summed E-state index contributed by atoms with van der Waals surface area (Å²) in [5.74, 6) is 0.492. The van der Waals surface area contributed by atoms with Gasteiger partial charge in [0.15, 0.2) is 0 Å². The zero-order valence-electron chi connectivity index (χ0n) is 12.2. The van der Waals surface area contributed by atoms with Gasteiger partial charge in [-0.15, -0.1) is 0 Å². The van der Waals surface area contributed by atoms with Gasteiger partial charge in [0.05, 0.1) is 5.54 Å². The highest BCUT2D eigenvalue weighted by molar-refractivity contribution is 6.30. The predicted molar refractivity (Wildman–Crippen MR) is 82.5 cm³/mol. The lowest BCUT2D eigenvalue weighted by Crippen LogP contribution is -2.45. The number of carbonyl (C=O) groups excluding carboxylic acids is 1. The summed E-state index contributed by atoms with van der Waals surface area (Å²) in [5, 5.41) is 3.84. The molecule has 2 rings (SSSR count). The zero-order chi connectivity index (χ0) is 14.8. The zero-order valence-corrected chi connectivity index (χ0v) is 12.9. The average molecular weight is 295 g/mol. The third-order valence-corrected chi connectivity index (χ3v) is 4.52. The molecular weight excluding hydrogens is 272 g/mol. The highest BCUT2D eigenvalue weighted by Gasteiger charge is 2.34. The average Bonchev–Trinajstić information content (AvgIpc) is 2.86. The van der Waals surface area contributed by atoms with Crippen molar-refractivity contribution in [2.24, 2.45) is 17.6 Å². The van der Waals surface area contributed by atoms with Gasteiger partial charge in [-0.1, -0.05) is 30.2 Å². The molecule has 1 saturated carbocycles. The molecule has 1 fully saturated rings. The van der Waals surface area contributed by atoms with Crippen LogP contribution in [0.1, 0.15) is 38.7 Å². The summed E-state index contributed by atoms with van der Waals surface area (Å²) in [5.41, 5.74) is 6.35. The molecule has 0 bridgehead atoms. The summed E-state index contributed by atoms with van der Waals surface area (Å²) in [6.07, 6.45) is 3.10. The second-order valence-electron chi connectivity index (χ2n) is 6.16. The number of rotatable bonds is 4. The molecule has 0 spiro atoms.